The highest BCUT2D eigenvalue weighted by Gasteiger charge is 2.12. The molecule has 1 aromatic heterocycles. The van der Waals surface area contributed by atoms with Crippen molar-refractivity contribution in [2.45, 2.75) is 13.3 Å². The number of nitrogens with zero attached hydrogens (tertiary/aromatic N) is 1. The second-order valence-electron chi connectivity index (χ2n) is 3.39. The molecule has 1 N–H and O–H groups in total. The van der Waals surface area contributed by atoms with Gasteiger partial charge in [-0.05, 0) is 18.6 Å². The van der Waals surface area contributed by atoms with E-state index in [0.29, 0.717) is 23.2 Å². The van der Waals surface area contributed by atoms with Gasteiger partial charge in [-0.25, -0.2) is 9.37 Å². The molecule has 0 spiro atoms. The van der Waals surface area contributed by atoms with Gasteiger partial charge in [0.2, 0.25) is 0 Å². The summed E-state index contributed by atoms with van der Waals surface area (Å²) in [4.78, 5) is 18.1. The minimum absolute atomic E-state index is 0.212. The van der Waals surface area contributed by atoms with Gasteiger partial charge in [0.25, 0.3) is 5.56 Å². The Hall–Kier alpha value is -1.97. The maximum absolute atomic E-state index is 13.6. The Morgan fingerprint density at radius 3 is 2.81 bits per heavy atom. The standard InChI is InChI=1S/C12H11FN2O/c1-2-8-11(14-7-15-12(8)16)9-5-3-4-6-10(9)13/h3-7H,2H2,1H3,(H,14,15,16). The van der Waals surface area contributed by atoms with Gasteiger partial charge in [0.05, 0.1) is 12.0 Å². The summed E-state index contributed by atoms with van der Waals surface area (Å²) in [6, 6.07) is 6.31. The number of rotatable bonds is 2. The molecule has 0 radical (unpaired) electrons. The molecule has 4 heteroatoms. The maximum atomic E-state index is 13.6. The summed E-state index contributed by atoms with van der Waals surface area (Å²) >= 11 is 0. The monoisotopic (exact) mass is 218 g/mol. The van der Waals surface area contributed by atoms with Gasteiger partial charge in [-0.3, -0.25) is 4.79 Å². The van der Waals surface area contributed by atoms with Crippen molar-refractivity contribution in [2.24, 2.45) is 0 Å². The van der Waals surface area contributed by atoms with Crippen molar-refractivity contribution < 1.29 is 4.39 Å². The van der Waals surface area contributed by atoms with Gasteiger partial charge in [0, 0.05) is 11.1 Å². The Balaban J connectivity index is 2.70. The molecule has 2 aromatic rings. The Kier molecular flexibility index (Phi) is 2.81. The van der Waals surface area contributed by atoms with E-state index in [-0.39, 0.29) is 11.4 Å². The van der Waals surface area contributed by atoms with Crippen molar-refractivity contribution in [3.05, 3.63) is 52.3 Å². The average molecular weight is 218 g/mol. The van der Waals surface area contributed by atoms with Crippen molar-refractivity contribution >= 4 is 0 Å². The highest BCUT2D eigenvalue weighted by molar-refractivity contribution is 5.62. The van der Waals surface area contributed by atoms with E-state index in [0.717, 1.165) is 0 Å². The molecular weight excluding hydrogens is 207 g/mol. The van der Waals surface area contributed by atoms with Crippen LogP contribution >= 0.6 is 0 Å². The molecule has 16 heavy (non-hydrogen) atoms. The predicted molar refractivity (Wildman–Crippen MR) is 59.6 cm³/mol. The average Bonchev–Trinajstić information content (AvgIpc) is 2.29. The van der Waals surface area contributed by atoms with E-state index in [1.165, 1.54) is 12.4 Å². The summed E-state index contributed by atoms with van der Waals surface area (Å²) in [7, 11) is 0. The largest absolute Gasteiger partial charge is 0.313 e. The summed E-state index contributed by atoms with van der Waals surface area (Å²) in [6.45, 7) is 1.84. The van der Waals surface area contributed by atoms with Crippen molar-refractivity contribution in [2.75, 3.05) is 0 Å². The van der Waals surface area contributed by atoms with E-state index in [9.17, 15) is 9.18 Å². The minimum atomic E-state index is -0.365. The first kappa shape index (κ1) is 10.5. The van der Waals surface area contributed by atoms with Gasteiger partial charge < -0.3 is 4.98 Å². The van der Waals surface area contributed by atoms with Gasteiger partial charge in [0.15, 0.2) is 0 Å². The second kappa shape index (κ2) is 4.26. The fourth-order valence-electron chi connectivity index (χ4n) is 1.64. The van der Waals surface area contributed by atoms with Crippen molar-refractivity contribution in [3.8, 4) is 11.3 Å². The molecule has 0 aliphatic rings. The van der Waals surface area contributed by atoms with E-state index >= 15 is 0 Å². The summed E-state index contributed by atoms with van der Waals surface area (Å²) in [6.07, 6.45) is 1.82. The van der Waals surface area contributed by atoms with Gasteiger partial charge in [-0.15, -0.1) is 0 Å². The van der Waals surface area contributed by atoms with Crippen molar-refractivity contribution in [1.29, 1.82) is 0 Å². The van der Waals surface area contributed by atoms with E-state index < -0.39 is 0 Å². The first-order valence-corrected chi connectivity index (χ1v) is 5.05. The van der Waals surface area contributed by atoms with Gasteiger partial charge in [0.1, 0.15) is 5.82 Å². The van der Waals surface area contributed by atoms with Gasteiger partial charge in [-0.1, -0.05) is 19.1 Å². The normalized spacial score (nSPS) is 10.4. The van der Waals surface area contributed by atoms with Gasteiger partial charge in [-0.2, -0.15) is 0 Å². The molecule has 0 aliphatic heterocycles. The summed E-state index contributed by atoms with van der Waals surface area (Å²) < 4.78 is 13.6. The second-order valence-corrected chi connectivity index (χ2v) is 3.39. The number of H-pyrrole nitrogens is 1. The minimum Gasteiger partial charge on any atom is -0.313 e. The lowest BCUT2D eigenvalue weighted by Crippen LogP contribution is -2.14. The molecule has 0 saturated heterocycles. The van der Waals surface area contributed by atoms with Crippen LogP contribution in [-0.2, 0) is 6.42 Å². The third-order valence-electron chi connectivity index (χ3n) is 2.43. The van der Waals surface area contributed by atoms with Crippen LogP contribution in [0.15, 0.2) is 35.4 Å². The third kappa shape index (κ3) is 1.74. The number of aromatic amines is 1. The van der Waals surface area contributed by atoms with E-state index in [2.05, 4.69) is 9.97 Å². The number of hydrogen-bond donors (Lipinski definition) is 1. The van der Waals surface area contributed by atoms with Crippen LogP contribution in [0.3, 0.4) is 0 Å². The molecule has 0 atom stereocenters. The molecule has 0 aliphatic carbocycles. The molecule has 3 nitrogen and oxygen atoms in total. The topological polar surface area (TPSA) is 45.8 Å². The molecule has 0 unspecified atom stereocenters. The fraction of sp³-hybridized carbons (Fsp3) is 0.167. The van der Waals surface area contributed by atoms with E-state index in [1.54, 1.807) is 18.2 Å². The first-order chi connectivity index (χ1) is 7.74. The predicted octanol–water partition coefficient (Wildman–Crippen LogP) is 2.14. The number of nitrogens with one attached hydrogen (secondary N) is 1. The zero-order valence-corrected chi connectivity index (χ0v) is 8.83. The first-order valence-electron chi connectivity index (χ1n) is 5.05. The van der Waals surface area contributed by atoms with Crippen LogP contribution in [-0.4, -0.2) is 9.97 Å². The molecular formula is C12H11FN2O. The number of hydrogen-bond acceptors (Lipinski definition) is 2. The van der Waals surface area contributed by atoms with E-state index in [4.69, 9.17) is 0 Å². The van der Waals surface area contributed by atoms with Crippen molar-refractivity contribution in [1.82, 2.24) is 9.97 Å². The SMILES string of the molecule is CCc1c(-c2ccccc2F)nc[nH]c1=O. The summed E-state index contributed by atoms with van der Waals surface area (Å²) in [5, 5.41) is 0. The maximum Gasteiger partial charge on any atom is 0.254 e. The molecule has 1 aromatic carbocycles. The van der Waals surface area contributed by atoms with E-state index in [1.807, 2.05) is 6.92 Å². The Bertz CT molecular complexity index is 563. The smallest absolute Gasteiger partial charge is 0.254 e. The zero-order chi connectivity index (χ0) is 11.5. The van der Waals surface area contributed by atoms with Crippen LogP contribution in [0.1, 0.15) is 12.5 Å². The number of benzene rings is 1. The van der Waals surface area contributed by atoms with Crippen LogP contribution < -0.4 is 5.56 Å². The molecule has 2 rings (SSSR count). The highest BCUT2D eigenvalue weighted by Crippen LogP contribution is 2.21. The summed E-state index contributed by atoms with van der Waals surface area (Å²) in [5.74, 6) is -0.365. The fourth-order valence-corrected chi connectivity index (χ4v) is 1.64. The Morgan fingerprint density at radius 1 is 1.38 bits per heavy atom. The Morgan fingerprint density at radius 2 is 2.12 bits per heavy atom. The third-order valence-corrected chi connectivity index (χ3v) is 2.43. The summed E-state index contributed by atoms with van der Waals surface area (Å²) in [5.41, 5.74) is 1.08. The molecule has 0 bridgehead atoms. The van der Waals surface area contributed by atoms with Crippen LogP contribution in [0.4, 0.5) is 4.39 Å². The molecule has 82 valence electrons. The lowest BCUT2D eigenvalue weighted by atomic mass is 10.1. The van der Waals surface area contributed by atoms with Crippen LogP contribution in [0.2, 0.25) is 0 Å². The van der Waals surface area contributed by atoms with Crippen LogP contribution in [0.5, 0.6) is 0 Å². The lowest BCUT2D eigenvalue weighted by molar-refractivity contribution is 0.630. The van der Waals surface area contributed by atoms with Crippen LogP contribution in [0.25, 0.3) is 11.3 Å². The molecule has 0 fully saturated rings. The zero-order valence-electron chi connectivity index (χ0n) is 8.83. The van der Waals surface area contributed by atoms with Gasteiger partial charge >= 0.3 is 0 Å². The molecule has 1 heterocycles. The number of aromatic nitrogens is 2. The highest BCUT2D eigenvalue weighted by atomic mass is 19.1. The lowest BCUT2D eigenvalue weighted by Gasteiger charge is -2.06. The quantitative estimate of drug-likeness (QED) is 0.839. The Labute approximate surface area is 92.0 Å². The molecule has 0 amide bonds. The van der Waals surface area contributed by atoms with Crippen LogP contribution in [0, 0.1) is 5.82 Å². The molecule has 0 saturated carbocycles. The number of halogens is 1. The van der Waals surface area contributed by atoms with Crippen molar-refractivity contribution in [3.63, 3.8) is 0 Å².